The van der Waals surface area contributed by atoms with Crippen molar-refractivity contribution in [1.82, 2.24) is 0 Å². The van der Waals surface area contributed by atoms with Gasteiger partial charge in [0, 0.05) is 5.69 Å². The Bertz CT molecular complexity index is 792. The third-order valence-corrected chi connectivity index (χ3v) is 5.00. The second-order valence-electron chi connectivity index (χ2n) is 6.01. The van der Waals surface area contributed by atoms with Gasteiger partial charge in [0.2, 0.25) is 11.8 Å². The zero-order chi connectivity index (χ0) is 19.1. The average Bonchev–Trinajstić information content (AvgIpc) is 2.62. The number of para-hydroxylation sites is 2. The fourth-order valence-electron chi connectivity index (χ4n) is 2.40. The molecule has 6 heteroatoms. The highest BCUT2D eigenvalue weighted by Gasteiger charge is 2.16. The van der Waals surface area contributed by atoms with Crippen LogP contribution >= 0.6 is 11.8 Å². The number of hydrogen-bond donors (Lipinski definition) is 2. The lowest BCUT2D eigenvalue weighted by Crippen LogP contribution is -2.25. The van der Waals surface area contributed by atoms with Gasteiger partial charge in [-0.05, 0) is 44.5 Å². The molecule has 2 rings (SSSR count). The molecule has 0 heterocycles. The van der Waals surface area contributed by atoms with Crippen LogP contribution < -0.4 is 15.4 Å². The summed E-state index contributed by atoms with van der Waals surface area (Å²) in [7, 11) is 1.55. The molecule has 0 aliphatic carbocycles. The number of benzene rings is 2. The number of ether oxygens (including phenoxy) is 1. The zero-order valence-corrected chi connectivity index (χ0v) is 16.3. The number of amides is 2. The molecule has 0 aliphatic heterocycles. The highest BCUT2D eigenvalue weighted by molar-refractivity contribution is 8.01. The second kappa shape index (κ2) is 9.29. The number of thioether (sulfide) groups is 1. The fourth-order valence-corrected chi connectivity index (χ4v) is 3.08. The summed E-state index contributed by atoms with van der Waals surface area (Å²) in [4.78, 5) is 24.5. The minimum Gasteiger partial charge on any atom is -0.495 e. The van der Waals surface area contributed by atoms with Crippen molar-refractivity contribution in [3.05, 3.63) is 53.6 Å². The van der Waals surface area contributed by atoms with E-state index < -0.39 is 0 Å². The van der Waals surface area contributed by atoms with E-state index >= 15 is 0 Å². The van der Waals surface area contributed by atoms with Crippen LogP contribution in [0.4, 0.5) is 11.4 Å². The minimum atomic E-state index is -0.348. The normalized spacial score (nSPS) is 11.5. The van der Waals surface area contributed by atoms with Crippen molar-refractivity contribution in [1.29, 1.82) is 0 Å². The van der Waals surface area contributed by atoms with E-state index in [0.29, 0.717) is 11.4 Å². The quantitative estimate of drug-likeness (QED) is 0.771. The van der Waals surface area contributed by atoms with Crippen LogP contribution in [-0.2, 0) is 9.59 Å². The fraction of sp³-hybridized carbons (Fsp3) is 0.300. The lowest BCUT2D eigenvalue weighted by Gasteiger charge is -2.14. The molecule has 2 aromatic carbocycles. The molecule has 0 bridgehead atoms. The van der Waals surface area contributed by atoms with Crippen molar-refractivity contribution in [2.45, 2.75) is 26.0 Å². The van der Waals surface area contributed by atoms with Gasteiger partial charge < -0.3 is 15.4 Å². The van der Waals surface area contributed by atoms with E-state index in [1.807, 2.05) is 44.2 Å². The molecule has 2 amide bonds. The molecule has 0 aromatic heterocycles. The molecule has 0 radical (unpaired) electrons. The van der Waals surface area contributed by atoms with E-state index in [2.05, 4.69) is 10.6 Å². The third-order valence-electron chi connectivity index (χ3n) is 3.85. The lowest BCUT2D eigenvalue weighted by atomic mass is 10.1. The van der Waals surface area contributed by atoms with Crippen molar-refractivity contribution in [2.75, 3.05) is 23.5 Å². The standard InChI is InChI=1S/C20H24N2O3S/c1-13-9-10-16(14(2)11-13)22-20(24)15(3)26-12-19(23)21-17-7-5-6-8-18(17)25-4/h5-11,15H,12H2,1-4H3,(H,21,23)(H,22,24). The van der Waals surface area contributed by atoms with E-state index in [1.54, 1.807) is 26.2 Å². The van der Waals surface area contributed by atoms with E-state index in [-0.39, 0.29) is 22.8 Å². The van der Waals surface area contributed by atoms with Crippen LogP contribution in [-0.4, -0.2) is 29.9 Å². The zero-order valence-electron chi connectivity index (χ0n) is 15.5. The summed E-state index contributed by atoms with van der Waals surface area (Å²) in [5.74, 6) is 0.490. The van der Waals surface area contributed by atoms with E-state index in [9.17, 15) is 9.59 Å². The molecular weight excluding hydrogens is 348 g/mol. The Hall–Kier alpha value is -2.47. The van der Waals surface area contributed by atoms with Gasteiger partial charge in [0.25, 0.3) is 0 Å². The molecule has 2 aromatic rings. The molecule has 5 nitrogen and oxygen atoms in total. The summed E-state index contributed by atoms with van der Waals surface area (Å²) in [5.41, 5.74) is 3.58. The topological polar surface area (TPSA) is 67.4 Å². The Kier molecular flexibility index (Phi) is 7.09. The highest BCUT2D eigenvalue weighted by Crippen LogP contribution is 2.24. The average molecular weight is 372 g/mol. The Labute approximate surface area is 158 Å². The number of methoxy groups -OCH3 is 1. The summed E-state index contributed by atoms with van der Waals surface area (Å²) < 4.78 is 5.21. The maximum atomic E-state index is 12.3. The molecule has 26 heavy (non-hydrogen) atoms. The summed E-state index contributed by atoms with van der Waals surface area (Å²) >= 11 is 1.29. The predicted octanol–water partition coefficient (Wildman–Crippen LogP) is 4.01. The third kappa shape index (κ3) is 5.52. The number of hydrogen-bond acceptors (Lipinski definition) is 4. The van der Waals surface area contributed by atoms with Crippen LogP contribution in [0.25, 0.3) is 0 Å². The molecule has 0 aliphatic rings. The van der Waals surface area contributed by atoms with Crippen molar-refractivity contribution in [3.8, 4) is 5.75 Å². The first kappa shape index (κ1) is 19.8. The van der Waals surface area contributed by atoms with Crippen molar-refractivity contribution in [3.63, 3.8) is 0 Å². The van der Waals surface area contributed by atoms with Crippen molar-refractivity contribution < 1.29 is 14.3 Å². The Morgan fingerprint density at radius 2 is 1.81 bits per heavy atom. The van der Waals surface area contributed by atoms with Gasteiger partial charge in [-0.15, -0.1) is 11.8 Å². The SMILES string of the molecule is COc1ccccc1NC(=O)CSC(C)C(=O)Nc1ccc(C)cc1C. The number of rotatable bonds is 7. The Morgan fingerprint density at radius 3 is 2.50 bits per heavy atom. The van der Waals surface area contributed by atoms with Gasteiger partial charge in [-0.3, -0.25) is 9.59 Å². The first-order valence-electron chi connectivity index (χ1n) is 8.33. The van der Waals surface area contributed by atoms with E-state index in [1.165, 1.54) is 11.8 Å². The first-order valence-corrected chi connectivity index (χ1v) is 9.38. The number of carbonyl (C=O) groups is 2. The molecule has 0 saturated carbocycles. The summed E-state index contributed by atoms with van der Waals surface area (Å²) in [5, 5.41) is 5.37. The van der Waals surface area contributed by atoms with Gasteiger partial charge in [-0.1, -0.05) is 29.8 Å². The molecule has 2 N–H and O–H groups in total. The Balaban J connectivity index is 1.86. The monoisotopic (exact) mass is 372 g/mol. The maximum absolute atomic E-state index is 12.3. The maximum Gasteiger partial charge on any atom is 0.237 e. The van der Waals surface area contributed by atoms with Crippen LogP contribution in [0.1, 0.15) is 18.1 Å². The lowest BCUT2D eigenvalue weighted by molar-refractivity contribution is -0.115. The van der Waals surface area contributed by atoms with Crippen LogP contribution in [0.15, 0.2) is 42.5 Å². The number of carbonyl (C=O) groups excluding carboxylic acids is 2. The molecule has 0 saturated heterocycles. The van der Waals surface area contributed by atoms with Gasteiger partial charge in [-0.2, -0.15) is 0 Å². The second-order valence-corrected chi connectivity index (χ2v) is 7.34. The van der Waals surface area contributed by atoms with Gasteiger partial charge in [0.1, 0.15) is 5.75 Å². The van der Waals surface area contributed by atoms with Crippen molar-refractivity contribution >= 4 is 35.0 Å². The van der Waals surface area contributed by atoms with Crippen LogP contribution in [0.5, 0.6) is 5.75 Å². The summed E-state index contributed by atoms with van der Waals surface area (Å²) in [6, 6.07) is 13.1. The Morgan fingerprint density at radius 1 is 1.08 bits per heavy atom. The number of nitrogens with one attached hydrogen (secondary N) is 2. The predicted molar refractivity (Wildman–Crippen MR) is 108 cm³/mol. The largest absolute Gasteiger partial charge is 0.495 e. The van der Waals surface area contributed by atoms with Crippen LogP contribution in [0, 0.1) is 13.8 Å². The molecule has 0 spiro atoms. The minimum absolute atomic E-state index is 0.118. The molecule has 1 atom stereocenters. The number of aryl methyl sites for hydroxylation is 2. The van der Waals surface area contributed by atoms with Crippen molar-refractivity contribution in [2.24, 2.45) is 0 Å². The molecule has 1 unspecified atom stereocenters. The van der Waals surface area contributed by atoms with Gasteiger partial charge in [-0.25, -0.2) is 0 Å². The highest BCUT2D eigenvalue weighted by atomic mass is 32.2. The smallest absolute Gasteiger partial charge is 0.237 e. The summed E-state index contributed by atoms with van der Waals surface area (Å²) in [6.07, 6.45) is 0. The first-order chi connectivity index (χ1) is 12.4. The number of anilines is 2. The molecular formula is C20H24N2O3S. The molecule has 0 fully saturated rings. The summed E-state index contributed by atoms with van der Waals surface area (Å²) in [6.45, 7) is 5.76. The van der Waals surface area contributed by atoms with Gasteiger partial charge in [0.05, 0.1) is 23.8 Å². The van der Waals surface area contributed by atoms with Crippen LogP contribution in [0.3, 0.4) is 0 Å². The van der Waals surface area contributed by atoms with E-state index in [4.69, 9.17) is 4.74 Å². The molecule has 138 valence electrons. The van der Waals surface area contributed by atoms with E-state index in [0.717, 1.165) is 16.8 Å². The van der Waals surface area contributed by atoms with Gasteiger partial charge in [0.15, 0.2) is 0 Å². The van der Waals surface area contributed by atoms with Crippen LogP contribution in [0.2, 0.25) is 0 Å². The van der Waals surface area contributed by atoms with Gasteiger partial charge >= 0.3 is 0 Å².